The third kappa shape index (κ3) is 9.75. The van der Waals surface area contributed by atoms with Gasteiger partial charge >= 0.3 is 0 Å². The fraction of sp³-hybridized carbons (Fsp3) is 0.510. The van der Waals surface area contributed by atoms with Gasteiger partial charge in [0.25, 0.3) is 0 Å². The van der Waals surface area contributed by atoms with Crippen molar-refractivity contribution in [3.05, 3.63) is 129 Å². The van der Waals surface area contributed by atoms with Crippen molar-refractivity contribution in [1.82, 2.24) is 4.90 Å². The second-order valence-electron chi connectivity index (χ2n) is 16.6. The van der Waals surface area contributed by atoms with Gasteiger partial charge in [-0.1, -0.05) is 88.9 Å². The summed E-state index contributed by atoms with van der Waals surface area (Å²) >= 11 is 0. The summed E-state index contributed by atoms with van der Waals surface area (Å²) in [6, 6.07) is 25.6. The van der Waals surface area contributed by atoms with E-state index in [0.717, 1.165) is 64.4 Å². The van der Waals surface area contributed by atoms with Gasteiger partial charge in [0.15, 0.2) is 0 Å². The number of aryl methyl sites for hydroxylation is 4. The Labute approximate surface area is 325 Å². The van der Waals surface area contributed by atoms with Gasteiger partial charge in [0.2, 0.25) is 0 Å². The number of halogens is 2. The van der Waals surface area contributed by atoms with Gasteiger partial charge in [0.05, 0.1) is 0 Å². The lowest BCUT2D eigenvalue weighted by Crippen LogP contribution is -2.40. The number of nitrogens with zero attached hydrogens (tertiary/aromatic N) is 2. The molecule has 1 aliphatic carbocycles. The van der Waals surface area contributed by atoms with E-state index in [1.807, 2.05) is 0 Å². The zero-order valence-corrected chi connectivity index (χ0v) is 34.0. The van der Waals surface area contributed by atoms with Crippen LogP contribution in [0.15, 0.2) is 72.8 Å². The van der Waals surface area contributed by atoms with Gasteiger partial charge in [-0.2, -0.15) is 0 Å². The van der Waals surface area contributed by atoms with E-state index in [4.69, 9.17) is 0 Å². The molecule has 0 bridgehead atoms. The highest BCUT2D eigenvalue weighted by molar-refractivity contribution is 5.53. The second-order valence-corrected chi connectivity index (χ2v) is 16.6. The number of anilines is 2. The summed E-state index contributed by atoms with van der Waals surface area (Å²) in [5, 5.41) is 3.75. The van der Waals surface area contributed by atoms with Crippen LogP contribution in [0.25, 0.3) is 0 Å². The molecule has 3 atom stereocenters. The molecule has 3 nitrogen and oxygen atoms in total. The number of piperidine rings is 1. The minimum absolute atomic E-state index is 0.0163. The molecular formula is C49H65F2N3. The molecule has 6 rings (SSSR count). The van der Waals surface area contributed by atoms with E-state index < -0.39 is 0 Å². The normalized spacial score (nSPS) is 18.2. The first-order valence-electron chi connectivity index (χ1n) is 21.1. The molecule has 0 spiro atoms. The summed E-state index contributed by atoms with van der Waals surface area (Å²) in [6.45, 7) is 19.4. The molecule has 54 heavy (non-hydrogen) atoms. The molecule has 2 aliphatic rings. The van der Waals surface area contributed by atoms with Crippen molar-refractivity contribution in [1.29, 1.82) is 0 Å². The Bertz CT molecular complexity index is 1810. The van der Waals surface area contributed by atoms with Crippen LogP contribution in [0, 0.1) is 37.3 Å². The van der Waals surface area contributed by atoms with Gasteiger partial charge in [-0.25, -0.2) is 8.78 Å². The zero-order chi connectivity index (χ0) is 38.2. The number of benzene rings is 4. The van der Waals surface area contributed by atoms with Crippen LogP contribution in [0.5, 0.6) is 0 Å². The highest BCUT2D eigenvalue weighted by Crippen LogP contribution is 2.47. The van der Waals surface area contributed by atoms with Crippen molar-refractivity contribution < 1.29 is 8.78 Å². The van der Waals surface area contributed by atoms with Gasteiger partial charge in [-0.3, -0.25) is 0 Å². The van der Waals surface area contributed by atoms with Crippen molar-refractivity contribution in [2.75, 3.05) is 49.5 Å². The van der Waals surface area contributed by atoms with E-state index in [9.17, 15) is 4.39 Å². The molecule has 0 saturated carbocycles. The first-order chi connectivity index (χ1) is 26.2. The Hall–Kier alpha value is -3.70. The average molecular weight is 734 g/mol. The summed E-state index contributed by atoms with van der Waals surface area (Å²) in [5.74, 6) is 0.689. The molecule has 5 heteroatoms. The van der Waals surface area contributed by atoms with Crippen LogP contribution in [0.4, 0.5) is 20.2 Å². The fourth-order valence-corrected chi connectivity index (χ4v) is 9.42. The maximum atomic E-state index is 15.4. The predicted molar refractivity (Wildman–Crippen MR) is 225 cm³/mol. The summed E-state index contributed by atoms with van der Waals surface area (Å²) in [6.07, 6.45) is 10.1. The molecule has 0 amide bonds. The minimum Gasteiger partial charge on any atom is -0.384 e. The lowest BCUT2D eigenvalue weighted by molar-refractivity contribution is 0.226. The second kappa shape index (κ2) is 18.8. The van der Waals surface area contributed by atoms with E-state index in [-0.39, 0.29) is 23.5 Å². The smallest absolute Gasteiger partial charge is 0.127 e. The molecule has 1 heterocycles. The molecule has 4 aromatic rings. The molecule has 4 aromatic carbocycles. The summed E-state index contributed by atoms with van der Waals surface area (Å²) in [5.41, 5.74) is 11.4. The van der Waals surface area contributed by atoms with E-state index in [1.54, 1.807) is 6.92 Å². The third-order valence-electron chi connectivity index (χ3n) is 12.5. The van der Waals surface area contributed by atoms with Crippen molar-refractivity contribution in [2.45, 2.75) is 111 Å². The number of hydrogen-bond donors (Lipinski definition) is 1. The first kappa shape index (κ1) is 40.0. The van der Waals surface area contributed by atoms with E-state index >= 15 is 4.39 Å². The van der Waals surface area contributed by atoms with Gasteiger partial charge in [-0.05, 0) is 152 Å². The Morgan fingerprint density at radius 2 is 1.59 bits per heavy atom. The van der Waals surface area contributed by atoms with Crippen LogP contribution in [0.3, 0.4) is 0 Å². The Kier molecular flexibility index (Phi) is 13.9. The summed E-state index contributed by atoms with van der Waals surface area (Å²) in [4.78, 5) is 5.15. The van der Waals surface area contributed by atoms with Gasteiger partial charge in [0, 0.05) is 50.0 Å². The average Bonchev–Trinajstić information content (AvgIpc) is 3.17. The third-order valence-corrected chi connectivity index (χ3v) is 12.5. The highest BCUT2D eigenvalue weighted by Gasteiger charge is 2.34. The topological polar surface area (TPSA) is 18.5 Å². The van der Waals surface area contributed by atoms with E-state index in [2.05, 4.69) is 110 Å². The van der Waals surface area contributed by atoms with Crippen molar-refractivity contribution >= 4 is 11.4 Å². The van der Waals surface area contributed by atoms with Gasteiger partial charge in [-0.15, -0.1) is 0 Å². The number of likely N-dealkylation sites (N-methyl/N-ethyl adjacent to an activating group) is 1. The molecule has 1 fully saturated rings. The maximum Gasteiger partial charge on any atom is 0.127 e. The first-order valence-corrected chi connectivity index (χ1v) is 21.1. The molecule has 1 aliphatic heterocycles. The number of rotatable bonds is 16. The number of nitrogens with one attached hydrogen (secondary N) is 1. The van der Waals surface area contributed by atoms with Crippen molar-refractivity contribution in [2.24, 2.45) is 11.8 Å². The largest absolute Gasteiger partial charge is 0.384 e. The van der Waals surface area contributed by atoms with Gasteiger partial charge in [0.1, 0.15) is 11.6 Å². The summed E-state index contributed by atoms with van der Waals surface area (Å²) in [7, 11) is 0. The molecule has 1 saturated heterocycles. The van der Waals surface area contributed by atoms with Crippen LogP contribution in [-0.2, 0) is 19.3 Å². The number of fused-ring (bicyclic) bond motifs is 1. The number of hydrogen-bond acceptors (Lipinski definition) is 3. The lowest BCUT2D eigenvalue weighted by Gasteiger charge is -2.37. The van der Waals surface area contributed by atoms with Crippen LogP contribution in [-0.4, -0.2) is 44.2 Å². The maximum absolute atomic E-state index is 15.4. The van der Waals surface area contributed by atoms with Crippen molar-refractivity contribution in [3.8, 4) is 0 Å². The SMILES string of the molecule is CCCc1cc(NCCN(CC)CC2CCN(c3ccc(C4c5ccc(C)cc5CCC4c4cc(F)c(C)cc4F)cc3)CC2)ccc1CC(C)CCC. The molecule has 1 N–H and O–H groups in total. The molecule has 0 radical (unpaired) electrons. The Balaban J connectivity index is 1.04. The fourth-order valence-electron chi connectivity index (χ4n) is 9.42. The quantitative estimate of drug-likeness (QED) is 0.124. The Morgan fingerprint density at radius 3 is 2.31 bits per heavy atom. The monoisotopic (exact) mass is 734 g/mol. The van der Waals surface area contributed by atoms with Crippen LogP contribution in [0.2, 0.25) is 0 Å². The molecular weight excluding hydrogens is 669 g/mol. The van der Waals surface area contributed by atoms with Crippen molar-refractivity contribution in [3.63, 3.8) is 0 Å². The zero-order valence-electron chi connectivity index (χ0n) is 34.0. The molecule has 290 valence electrons. The van der Waals surface area contributed by atoms with E-state index in [1.165, 1.54) is 95.4 Å². The van der Waals surface area contributed by atoms with Gasteiger partial charge < -0.3 is 15.1 Å². The lowest BCUT2D eigenvalue weighted by atomic mass is 9.69. The molecule has 0 aromatic heterocycles. The molecule has 3 unspecified atom stereocenters. The van der Waals surface area contributed by atoms with Crippen LogP contribution in [0.1, 0.15) is 123 Å². The highest BCUT2D eigenvalue weighted by atomic mass is 19.1. The van der Waals surface area contributed by atoms with E-state index in [0.29, 0.717) is 17.0 Å². The van der Waals surface area contributed by atoms with Crippen LogP contribution < -0.4 is 10.2 Å². The van der Waals surface area contributed by atoms with Crippen LogP contribution >= 0.6 is 0 Å². The minimum atomic E-state index is -0.327. The summed E-state index contributed by atoms with van der Waals surface area (Å²) < 4.78 is 30.2. The Morgan fingerprint density at radius 1 is 0.815 bits per heavy atom. The predicted octanol–water partition coefficient (Wildman–Crippen LogP) is 12.0. The standard InChI is InChI=1S/C49H65F2N3/c1-7-10-34(4)28-40-13-17-42(31-39(40)11-8-2)52-24-27-53(9-3)33-37-22-25-54(26-23-37)43-18-14-38(15-19-43)49-44-20-12-35(5)29-41(44)16-21-45(49)46-32-47(50)36(6)30-48(46)51/h12-15,17-20,29-32,34,37,45,49,52H,7-11,16,21-28,33H2,1-6H3.